The van der Waals surface area contributed by atoms with Crippen molar-refractivity contribution >= 4 is 35.0 Å². The summed E-state index contributed by atoms with van der Waals surface area (Å²) in [5, 5.41) is 4.05. The third-order valence-electron chi connectivity index (χ3n) is 3.93. The lowest BCUT2D eigenvalue weighted by molar-refractivity contribution is 0.0277. The van der Waals surface area contributed by atoms with Gasteiger partial charge in [0.2, 0.25) is 0 Å². The number of ether oxygens (including phenoxy) is 1. The average molecular weight is 350 g/mol. The summed E-state index contributed by atoms with van der Waals surface area (Å²) in [5.41, 5.74) is 4.12. The second kappa shape index (κ2) is 6.89. The summed E-state index contributed by atoms with van der Waals surface area (Å²) >= 11 is 6.01. The molecule has 0 bridgehead atoms. The molecule has 4 nitrogen and oxygen atoms in total. The highest BCUT2D eigenvalue weighted by Gasteiger charge is 2.15. The van der Waals surface area contributed by atoms with E-state index in [-0.39, 0.29) is 18.5 Å². The molecule has 3 aromatic rings. The lowest BCUT2D eigenvalue weighted by Crippen LogP contribution is -2.33. The molecule has 0 aliphatic carbocycles. The zero-order valence-corrected chi connectivity index (χ0v) is 14.0. The number of morpholine rings is 1. The standard InChI is InChI=1S/C17H16ClN3O.ClH/c18-13-5-6-14-15(9-13)21-17(20-14)12-3-1-11(2-4-12)16-10-19-7-8-22-16;/h1-6,9,16,19H,7-8,10H2,(H,20,21);1H. The molecular weight excluding hydrogens is 333 g/mol. The predicted octanol–water partition coefficient (Wildman–Crippen LogP) is 3.97. The minimum Gasteiger partial charge on any atom is -0.371 e. The highest BCUT2D eigenvalue weighted by Crippen LogP contribution is 2.25. The van der Waals surface area contributed by atoms with Crippen molar-refractivity contribution < 1.29 is 4.74 Å². The minimum absolute atomic E-state index is 0. The average Bonchev–Trinajstić information content (AvgIpc) is 2.99. The largest absolute Gasteiger partial charge is 0.371 e. The normalized spacial score (nSPS) is 17.9. The van der Waals surface area contributed by atoms with Crippen molar-refractivity contribution in [2.45, 2.75) is 6.10 Å². The van der Waals surface area contributed by atoms with Crippen LogP contribution in [0.25, 0.3) is 22.4 Å². The van der Waals surface area contributed by atoms with E-state index in [0.29, 0.717) is 5.02 Å². The summed E-state index contributed by atoms with van der Waals surface area (Å²) in [7, 11) is 0. The van der Waals surface area contributed by atoms with Crippen molar-refractivity contribution in [2.75, 3.05) is 19.7 Å². The van der Waals surface area contributed by atoms with E-state index in [1.807, 2.05) is 18.2 Å². The maximum absolute atomic E-state index is 6.01. The lowest BCUT2D eigenvalue weighted by Gasteiger charge is -2.24. The number of nitrogens with zero attached hydrogens (tertiary/aromatic N) is 1. The van der Waals surface area contributed by atoms with Gasteiger partial charge in [0.15, 0.2) is 0 Å². The molecule has 1 aliphatic heterocycles. The van der Waals surface area contributed by atoms with Crippen LogP contribution in [-0.4, -0.2) is 29.7 Å². The zero-order chi connectivity index (χ0) is 14.9. The third kappa shape index (κ3) is 3.35. The molecule has 120 valence electrons. The van der Waals surface area contributed by atoms with Gasteiger partial charge >= 0.3 is 0 Å². The first-order valence-electron chi connectivity index (χ1n) is 7.37. The van der Waals surface area contributed by atoms with Gasteiger partial charge < -0.3 is 15.0 Å². The number of imidazole rings is 1. The Hall–Kier alpha value is -1.59. The Labute approximate surface area is 145 Å². The van der Waals surface area contributed by atoms with Crippen molar-refractivity contribution in [3.05, 3.63) is 53.1 Å². The van der Waals surface area contributed by atoms with E-state index in [1.54, 1.807) is 0 Å². The van der Waals surface area contributed by atoms with Crippen LogP contribution in [0.2, 0.25) is 5.02 Å². The van der Waals surface area contributed by atoms with Gasteiger partial charge in [-0.2, -0.15) is 0 Å². The van der Waals surface area contributed by atoms with Crippen LogP contribution in [0.1, 0.15) is 11.7 Å². The molecule has 0 saturated carbocycles. The molecule has 0 amide bonds. The summed E-state index contributed by atoms with van der Waals surface area (Å²) in [6, 6.07) is 14.0. The van der Waals surface area contributed by atoms with Gasteiger partial charge in [-0.15, -0.1) is 12.4 Å². The molecule has 1 fully saturated rings. The number of hydrogen-bond donors (Lipinski definition) is 2. The fraction of sp³-hybridized carbons (Fsp3) is 0.235. The number of benzene rings is 2. The van der Waals surface area contributed by atoms with Crippen molar-refractivity contribution in [2.24, 2.45) is 0 Å². The Kier molecular flexibility index (Phi) is 4.87. The molecule has 0 radical (unpaired) electrons. The molecule has 2 heterocycles. The first-order chi connectivity index (χ1) is 10.8. The molecular formula is C17H17Cl2N3O. The van der Waals surface area contributed by atoms with E-state index in [4.69, 9.17) is 16.3 Å². The first-order valence-corrected chi connectivity index (χ1v) is 7.75. The predicted molar refractivity (Wildman–Crippen MR) is 95.4 cm³/mol. The van der Waals surface area contributed by atoms with Crippen LogP contribution in [0.5, 0.6) is 0 Å². The van der Waals surface area contributed by atoms with Gasteiger partial charge in [0.1, 0.15) is 5.82 Å². The van der Waals surface area contributed by atoms with Crippen LogP contribution in [0.4, 0.5) is 0 Å². The summed E-state index contributed by atoms with van der Waals surface area (Å²) < 4.78 is 5.77. The molecule has 23 heavy (non-hydrogen) atoms. The Morgan fingerprint density at radius 1 is 1.13 bits per heavy atom. The van der Waals surface area contributed by atoms with E-state index in [2.05, 4.69) is 39.6 Å². The highest BCUT2D eigenvalue weighted by atomic mass is 35.5. The molecule has 1 saturated heterocycles. The number of H-pyrrole nitrogens is 1. The number of rotatable bonds is 2. The molecule has 2 N–H and O–H groups in total. The Morgan fingerprint density at radius 3 is 2.70 bits per heavy atom. The van der Waals surface area contributed by atoms with E-state index in [0.717, 1.165) is 42.1 Å². The van der Waals surface area contributed by atoms with Crippen LogP contribution < -0.4 is 5.32 Å². The van der Waals surface area contributed by atoms with Crippen molar-refractivity contribution in [1.29, 1.82) is 0 Å². The van der Waals surface area contributed by atoms with Crippen molar-refractivity contribution in [3.63, 3.8) is 0 Å². The Morgan fingerprint density at radius 2 is 1.96 bits per heavy atom. The molecule has 1 aromatic heterocycles. The third-order valence-corrected chi connectivity index (χ3v) is 4.16. The van der Waals surface area contributed by atoms with Gasteiger partial charge in [0, 0.05) is 23.7 Å². The van der Waals surface area contributed by atoms with Crippen LogP contribution >= 0.6 is 24.0 Å². The van der Waals surface area contributed by atoms with Gasteiger partial charge in [-0.3, -0.25) is 0 Å². The number of aromatic nitrogens is 2. The second-order valence-corrected chi connectivity index (χ2v) is 5.87. The minimum atomic E-state index is 0. The van der Waals surface area contributed by atoms with Gasteiger partial charge in [-0.25, -0.2) is 4.98 Å². The molecule has 0 spiro atoms. The molecule has 1 unspecified atom stereocenters. The Balaban J connectivity index is 0.00000156. The van der Waals surface area contributed by atoms with E-state index >= 15 is 0 Å². The number of nitrogens with one attached hydrogen (secondary N) is 2. The first kappa shape index (κ1) is 16.3. The number of aromatic amines is 1. The molecule has 2 aromatic carbocycles. The maximum Gasteiger partial charge on any atom is 0.138 e. The van der Waals surface area contributed by atoms with Gasteiger partial charge in [-0.05, 0) is 23.8 Å². The van der Waals surface area contributed by atoms with Crippen LogP contribution in [0.15, 0.2) is 42.5 Å². The quantitative estimate of drug-likeness (QED) is 0.735. The fourth-order valence-corrected chi connectivity index (χ4v) is 2.93. The van der Waals surface area contributed by atoms with Gasteiger partial charge in [0.25, 0.3) is 0 Å². The maximum atomic E-state index is 6.01. The Bertz CT molecular complexity index is 795. The van der Waals surface area contributed by atoms with Gasteiger partial charge in [0.05, 0.1) is 23.7 Å². The SMILES string of the molecule is Cl.Clc1ccc2nc(-c3ccc(C4CNCCO4)cc3)[nH]c2c1. The summed E-state index contributed by atoms with van der Waals surface area (Å²) in [6.07, 6.45) is 0.136. The smallest absolute Gasteiger partial charge is 0.138 e. The number of fused-ring (bicyclic) bond motifs is 1. The number of hydrogen-bond acceptors (Lipinski definition) is 3. The van der Waals surface area contributed by atoms with Crippen LogP contribution in [0.3, 0.4) is 0 Å². The van der Waals surface area contributed by atoms with Gasteiger partial charge in [-0.1, -0.05) is 35.9 Å². The fourth-order valence-electron chi connectivity index (χ4n) is 2.75. The highest BCUT2D eigenvalue weighted by molar-refractivity contribution is 6.31. The van der Waals surface area contributed by atoms with Crippen molar-refractivity contribution in [3.8, 4) is 11.4 Å². The molecule has 1 aliphatic rings. The lowest BCUT2D eigenvalue weighted by atomic mass is 10.1. The summed E-state index contributed by atoms with van der Waals surface area (Å²) in [4.78, 5) is 7.92. The summed E-state index contributed by atoms with van der Waals surface area (Å²) in [6.45, 7) is 2.55. The monoisotopic (exact) mass is 349 g/mol. The van der Waals surface area contributed by atoms with Crippen LogP contribution in [0, 0.1) is 0 Å². The summed E-state index contributed by atoms with van der Waals surface area (Å²) in [5.74, 6) is 0.853. The topological polar surface area (TPSA) is 49.9 Å². The molecule has 1 atom stereocenters. The van der Waals surface area contributed by atoms with Crippen molar-refractivity contribution in [1.82, 2.24) is 15.3 Å². The van der Waals surface area contributed by atoms with E-state index in [9.17, 15) is 0 Å². The second-order valence-electron chi connectivity index (χ2n) is 5.43. The van der Waals surface area contributed by atoms with E-state index in [1.165, 1.54) is 5.56 Å². The van der Waals surface area contributed by atoms with Crippen LogP contribution in [-0.2, 0) is 4.74 Å². The molecule has 4 rings (SSSR count). The zero-order valence-electron chi connectivity index (χ0n) is 12.4. The number of halogens is 2. The van der Waals surface area contributed by atoms with E-state index < -0.39 is 0 Å². The molecule has 6 heteroatoms.